The maximum atomic E-state index is 6.66. The van der Waals surface area contributed by atoms with Gasteiger partial charge in [0.15, 0.2) is 0 Å². The van der Waals surface area contributed by atoms with Crippen LogP contribution in [-0.4, -0.2) is 0 Å². The normalized spacial score (nSPS) is 12.5. The molecule has 0 N–H and O–H groups in total. The summed E-state index contributed by atoms with van der Waals surface area (Å²) in [7, 11) is 0. The van der Waals surface area contributed by atoms with Crippen LogP contribution in [-0.2, 0) is 6.42 Å². The van der Waals surface area contributed by atoms with E-state index < -0.39 is 0 Å². The van der Waals surface area contributed by atoms with Gasteiger partial charge in [0.05, 0.1) is 0 Å². The van der Waals surface area contributed by atoms with E-state index in [-0.39, 0.29) is 0 Å². The minimum Gasteiger partial charge on any atom is -0.456 e. The second kappa shape index (κ2) is 15.9. The minimum absolute atomic E-state index is 0.887. The van der Waals surface area contributed by atoms with Crippen LogP contribution in [0.25, 0.3) is 139 Å². The highest BCUT2D eigenvalue weighted by Crippen LogP contribution is 2.43. The van der Waals surface area contributed by atoms with Gasteiger partial charge < -0.3 is 13.3 Å². The van der Waals surface area contributed by atoms with E-state index in [4.69, 9.17) is 13.3 Å². The number of para-hydroxylation sites is 5. The van der Waals surface area contributed by atoms with Crippen molar-refractivity contribution in [2.45, 2.75) is 12.8 Å². The lowest BCUT2D eigenvalue weighted by molar-refractivity contribution is 0.596. The van der Waals surface area contributed by atoms with E-state index in [2.05, 4.69) is 212 Å². The molecule has 1 aliphatic rings. The summed E-state index contributed by atoms with van der Waals surface area (Å²) in [5, 5.41) is 5.70. The SMILES string of the molecule is C1=Cc2oc3c(-c4cccc(-c5cccc(-c6cc(-c7cccc(-c8cccc(-c9cccc%10c9oc9ccccc9%10)c8)c7)cc(-c7cccc8c7oc7ccccc78)c6)c5)c4)cccc3c2CC1. The van der Waals surface area contributed by atoms with Crippen molar-refractivity contribution in [2.75, 3.05) is 0 Å². The van der Waals surface area contributed by atoms with Crippen LogP contribution in [0, 0.1) is 0 Å². The molecule has 69 heavy (non-hydrogen) atoms. The highest BCUT2D eigenvalue weighted by atomic mass is 16.3. The Morgan fingerprint density at radius 2 is 0.638 bits per heavy atom. The maximum absolute atomic E-state index is 6.66. The minimum atomic E-state index is 0.887. The van der Waals surface area contributed by atoms with Gasteiger partial charge in [-0.25, -0.2) is 0 Å². The highest BCUT2D eigenvalue weighted by Gasteiger charge is 2.19. The second-order valence-corrected chi connectivity index (χ2v) is 18.3. The molecule has 10 aromatic carbocycles. The summed E-state index contributed by atoms with van der Waals surface area (Å²) in [6, 6.07) is 78.6. The Kier molecular flexibility index (Phi) is 9.03. The van der Waals surface area contributed by atoms with Gasteiger partial charge in [0.2, 0.25) is 0 Å². The molecule has 3 heteroatoms. The van der Waals surface area contributed by atoms with Gasteiger partial charge >= 0.3 is 0 Å². The molecular formula is C66H42O3. The molecule has 0 saturated heterocycles. The molecule has 324 valence electrons. The van der Waals surface area contributed by atoms with E-state index in [1.165, 1.54) is 10.9 Å². The molecule has 3 aromatic heterocycles. The number of hydrogen-bond donors (Lipinski definition) is 0. The number of fused-ring (bicyclic) bond motifs is 9. The summed E-state index contributed by atoms with van der Waals surface area (Å²) in [4.78, 5) is 0. The van der Waals surface area contributed by atoms with Gasteiger partial charge in [0, 0.05) is 49.2 Å². The fourth-order valence-electron chi connectivity index (χ4n) is 10.8. The Bertz CT molecular complexity index is 4210. The first kappa shape index (κ1) is 39.3. The van der Waals surface area contributed by atoms with Gasteiger partial charge in [-0.15, -0.1) is 0 Å². The molecule has 0 spiro atoms. The predicted octanol–water partition coefficient (Wildman–Crippen LogP) is 18.9. The molecule has 14 rings (SSSR count). The monoisotopic (exact) mass is 882 g/mol. The molecule has 0 fully saturated rings. The lowest BCUT2D eigenvalue weighted by Crippen LogP contribution is -1.89. The largest absolute Gasteiger partial charge is 0.456 e. The van der Waals surface area contributed by atoms with Crippen LogP contribution in [0.1, 0.15) is 17.7 Å². The van der Waals surface area contributed by atoms with E-state index in [0.717, 1.165) is 146 Å². The lowest BCUT2D eigenvalue weighted by atomic mass is 9.90. The van der Waals surface area contributed by atoms with Gasteiger partial charge in [-0.2, -0.15) is 0 Å². The Labute approximate surface area is 398 Å². The van der Waals surface area contributed by atoms with E-state index in [1.54, 1.807) is 0 Å². The molecule has 0 radical (unpaired) electrons. The molecule has 0 unspecified atom stereocenters. The molecular weight excluding hydrogens is 841 g/mol. The average molecular weight is 883 g/mol. The third kappa shape index (κ3) is 6.65. The Morgan fingerprint density at radius 3 is 1.16 bits per heavy atom. The number of allylic oxidation sites excluding steroid dienone is 1. The molecule has 13 aromatic rings. The van der Waals surface area contributed by atoms with Crippen molar-refractivity contribution in [3.05, 3.63) is 236 Å². The third-order valence-electron chi connectivity index (χ3n) is 14.1. The van der Waals surface area contributed by atoms with E-state index in [0.29, 0.717) is 0 Å². The van der Waals surface area contributed by atoms with E-state index >= 15 is 0 Å². The molecule has 3 heterocycles. The summed E-state index contributed by atoms with van der Waals surface area (Å²) in [6.45, 7) is 0. The smallest absolute Gasteiger partial charge is 0.143 e. The van der Waals surface area contributed by atoms with Crippen LogP contribution in [0.2, 0.25) is 0 Å². The Hall–Kier alpha value is -8.92. The van der Waals surface area contributed by atoms with Crippen molar-refractivity contribution in [2.24, 2.45) is 0 Å². The zero-order valence-electron chi connectivity index (χ0n) is 37.6. The summed E-state index contributed by atoms with van der Waals surface area (Å²) < 4.78 is 19.6. The van der Waals surface area contributed by atoms with Crippen LogP contribution >= 0.6 is 0 Å². The first-order chi connectivity index (χ1) is 34.2. The van der Waals surface area contributed by atoms with Gasteiger partial charge in [-0.3, -0.25) is 0 Å². The van der Waals surface area contributed by atoms with Crippen LogP contribution in [0.4, 0.5) is 0 Å². The van der Waals surface area contributed by atoms with Crippen molar-refractivity contribution in [3.8, 4) is 77.9 Å². The number of hydrogen-bond acceptors (Lipinski definition) is 3. The van der Waals surface area contributed by atoms with Crippen LogP contribution < -0.4 is 0 Å². The van der Waals surface area contributed by atoms with Crippen LogP contribution in [0.15, 0.2) is 238 Å². The molecule has 3 nitrogen and oxygen atoms in total. The van der Waals surface area contributed by atoms with Crippen LogP contribution in [0.5, 0.6) is 0 Å². The third-order valence-corrected chi connectivity index (χ3v) is 14.1. The molecule has 0 saturated carbocycles. The van der Waals surface area contributed by atoms with E-state index in [9.17, 15) is 0 Å². The van der Waals surface area contributed by atoms with E-state index in [1.807, 2.05) is 18.2 Å². The number of rotatable bonds is 7. The fraction of sp³-hybridized carbons (Fsp3) is 0.0303. The van der Waals surface area contributed by atoms with Crippen molar-refractivity contribution in [3.63, 3.8) is 0 Å². The fourth-order valence-corrected chi connectivity index (χ4v) is 10.8. The zero-order valence-corrected chi connectivity index (χ0v) is 37.6. The molecule has 1 aliphatic carbocycles. The number of furan rings is 3. The lowest BCUT2D eigenvalue weighted by Gasteiger charge is -2.14. The van der Waals surface area contributed by atoms with Crippen molar-refractivity contribution in [1.29, 1.82) is 0 Å². The van der Waals surface area contributed by atoms with Gasteiger partial charge in [-0.1, -0.05) is 170 Å². The van der Waals surface area contributed by atoms with Gasteiger partial charge in [0.1, 0.15) is 33.7 Å². The quantitative estimate of drug-likeness (QED) is 0.160. The molecule has 0 atom stereocenters. The second-order valence-electron chi connectivity index (χ2n) is 18.3. The summed E-state index contributed by atoms with van der Waals surface area (Å²) in [5.74, 6) is 0.986. The van der Waals surface area contributed by atoms with Gasteiger partial charge in [0.25, 0.3) is 0 Å². The Morgan fingerprint density at radius 1 is 0.275 bits per heavy atom. The number of benzene rings is 10. The standard InChI is InChI=1S/C66H42O3/c1-4-31-61-55(22-1)58-28-11-25-52(64(58)67-61)47-20-9-16-43(36-47)41-14-7-18-45(34-41)49-38-50(40-51(39-49)54-27-13-30-60-57-24-3-6-33-63(57)69-66(54)60)46-19-8-15-42(35-46)44-17-10-21-48(37-44)53-26-12-29-59-56-23-2-5-32-62(56)68-65(53)59/h1,3-22,24-40H,2,23H2. The molecule has 0 amide bonds. The Balaban J connectivity index is 0.883. The maximum Gasteiger partial charge on any atom is 0.143 e. The van der Waals surface area contributed by atoms with Crippen molar-refractivity contribution >= 4 is 60.9 Å². The topological polar surface area (TPSA) is 39.4 Å². The first-order valence-electron chi connectivity index (χ1n) is 23.8. The molecule has 0 aliphatic heterocycles. The highest BCUT2D eigenvalue weighted by molar-refractivity contribution is 6.11. The molecule has 0 bridgehead atoms. The van der Waals surface area contributed by atoms with Crippen molar-refractivity contribution < 1.29 is 13.3 Å². The zero-order chi connectivity index (χ0) is 45.4. The van der Waals surface area contributed by atoms with Gasteiger partial charge in [-0.05, 0) is 135 Å². The van der Waals surface area contributed by atoms with Crippen molar-refractivity contribution in [1.82, 2.24) is 0 Å². The first-order valence-corrected chi connectivity index (χ1v) is 23.8. The van der Waals surface area contributed by atoms with Crippen LogP contribution in [0.3, 0.4) is 0 Å². The summed E-state index contributed by atoms with van der Waals surface area (Å²) in [6.07, 6.45) is 6.39. The predicted molar refractivity (Wildman–Crippen MR) is 286 cm³/mol. The number of aryl methyl sites for hydroxylation is 1. The summed E-state index contributed by atoms with van der Waals surface area (Å²) in [5.41, 5.74) is 21.5. The summed E-state index contributed by atoms with van der Waals surface area (Å²) >= 11 is 0. The average Bonchev–Trinajstić information content (AvgIpc) is 4.13.